The molecule has 2 aliphatic heterocycles. The average Bonchev–Trinajstić information content (AvgIpc) is 3.43. The van der Waals surface area contributed by atoms with E-state index in [-0.39, 0.29) is 11.8 Å². The number of carboxylic acid groups (broad SMARTS) is 1. The van der Waals surface area contributed by atoms with Gasteiger partial charge in [0.25, 0.3) is 0 Å². The van der Waals surface area contributed by atoms with Gasteiger partial charge in [0.05, 0.1) is 11.8 Å². The summed E-state index contributed by atoms with van der Waals surface area (Å²) < 4.78 is 5.98. The van der Waals surface area contributed by atoms with E-state index >= 15 is 0 Å². The largest absolute Gasteiger partial charge is 0.481 e. The summed E-state index contributed by atoms with van der Waals surface area (Å²) in [5.41, 5.74) is 1.70. The molecule has 1 saturated carbocycles. The van der Waals surface area contributed by atoms with E-state index in [4.69, 9.17) is 4.74 Å². The molecule has 5 nitrogen and oxygen atoms in total. The number of benzene rings is 2. The van der Waals surface area contributed by atoms with E-state index in [1.165, 1.54) is 0 Å². The van der Waals surface area contributed by atoms with E-state index in [0.29, 0.717) is 30.5 Å². The number of hydrogen-bond acceptors (Lipinski definition) is 3. The summed E-state index contributed by atoms with van der Waals surface area (Å²) in [6, 6.07) is 15.2. The Balaban J connectivity index is 1.51. The Morgan fingerprint density at radius 2 is 1.52 bits per heavy atom. The molecule has 1 amide bonds. The second-order valence-electron chi connectivity index (χ2n) is 7.80. The molecule has 1 N–H and O–H groups in total. The van der Waals surface area contributed by atoms with Gasteiger partial charge in [-0.3, -0.25) is 9.59 Å². The van der Waals surface area contributed by atoms with Crippen LogP contribution in [0.3, 0.4) is 0 Å². The van der Waals surface area contributed by atoms with E-state index in [1.54, 1.807) is 4.90 Å². The fraction of sp³-hybridized carbons (Fsp3) is 0.364. The smallest absolute Gasteiger partial charge is 0.308 e. The summed E-state index contributed by atoms with van der Waals surface area (Å²) in [5.74, 6) is 0.229. The van der Waals surface area contributed by atoms with Crippen LogP contribution >= 0.6 is 0 Å². The lowest BCUT2D eigenvalue weighted by Gasteiger charge is -2.30. The lowest BCUT2D eigenvalue weighted by atomic mass is 9.87. The van der Waals surface area contributed by atoms with Crippen LogP contribution in [0.5, 0.6) is 11.5 Å². The van der Waals surface area contributed by atoms with Crippen molar-refractivity contribution in [2.45, 2.75) is 18.8 Å². The Hall–Kier alpha value is -2.82. The number of amides is 1. The van der Waals surface area contributed by atoms with Crippen molar-refractivity contribution in [1.29, 1.82) is 0 Å². The van der Waals surface area contributed by atoms with Gasteiger partial charge in [0.1, 0.15) is 11.5 Å². The van der Waals surface area contributed by atoms with Crippen molar-refractivity contribution in [3.05, 3.63) is 59.7 Å². The van der Waals surface area contributed by atoms with Gasteiger partial charge >= 0.3 is 5.97 Å². The van der Waals surface area contributed by atoms with Gasteiger partial charge in [-0.25, -0.2) is 0 Å². The molecule has 2 heterocycles. The van der Waals surface area contributed by atoms with Crippen LogP contribution in [0.2, 0.25) is 0 Å². The highest BCUT2D eigenvalue weighted by molar-refractivity contribution is 5.90. The highest BCUT2D eigenvalue weighted by Gasteiger charge is 2.48. The molecule has 0 radical (unpaired) electrons. The number of rotatable bonds is 3. The minimum absolute atomic E-state index is 0.0207. The van der Waals surface area contributed by atoms with Gasteiger partial charge in [-0.1, -0.05) is 36.4 Å². The average molecular weight is 363 g/mol. The molecule has 27 heavy (non-hydrogen) atoms. The first-order valence-electron chi connectivity index (χ1n) is 9.51. The third kappa shape index (κ3) is 2.69. The molecule has 0 aromatic heterocycles. The fourth-order valence-electron chi connectivity index (χ4n) is 4.63. The number of ether oxygens (including phenoxy) is 1. The SMILES string of the molecule is O=C(O)[C@H]1CN(C(=O)C2c3ccccc3Oc3ccccc32)C[C@@H]1C1CC1. The Morgan fingerprint density at radius 3 is 2.07 bits per heavy atom. The van der Waals surface area contributed by atoms with Crippen LogP contribution in [0.25, 0.3) is 0 Å². The third-order valence-corrected chi connectivity index (χ3v) is 6.15. The molecule has 2 fully saturated rings. The summed E-state index contributed by atoms with van der Waals surface area (Å²) in [7, 11) is 0. The van der Waals surface area contributed by atoms with Gasteiger partial charge in [-0.2, -0.15) is 0 Å². The van der Waals surface area contributed by atoms with E-state index in [2.05, 4.69) is 0 Å². The molecule has 5 heteroatoms. The number of likely N-dealkylation sites (tertiary alicyclic amines) is 1. The summed E-state index contributed by atoms with van der Waals surface area (Å²) in [4.78, 5) is 27.1. The lowest BCUT2D eigenvalue weighted by molar-refractivity contribution is -0.142. The Kier molecular flexibility index (Phi) is 3.71. The molecule has 1 saturated heterocycles. The summed E-state index contributed by atoms with van der Waals surface area (Å²) >= 11 is 0. The van der Waals surface area contributed by atoms with Gasteiger partial charge in [-0.15, -0.1) is 0 Å². The van der Waals surface area contributed by atoms with Crippen molar-refractivity contribution in [2.24, 2.45) is 17.8 Å². The molecule has 0 bridgehead atoms. The minimum Gasteiger partial charge on any atom is -0.481 e. The first-order chi connectivity index (χ1) is 13.1. The monoisotopic (exact) mass is 363 g/mol. The number of carboxylic acids is 1. The van der Waals surface area contributed by atoms with Crippen LogP contribution in [0.4, 0.5) is 0 Å². The van der Waals surface area contributed by atoms with Gasteiger partial charge in [0.2, 0.25) is 5.91 Å². The summed E-state index contributed by atoms with van der Waals surface area (Å²) in [6.07, 6.45) is 2.17. The lowest BCUT2D eigenvalue weighted by Crippen LogP contribution is -2.35. The maximum atomic E-state index is 13.6. The molecule has 2 atom stereocenters. The topological polar surface area (TPSA) is 66.8 Å². The molecule has 1 aliphatic carbocycles. The van der Waals surface area contributed by atoms with Gasteiger partial charge in [0.15, 0.2) is 0 Å². The zero-order valence-corrected chi connectivity index (χ0v) is 14.9. The standard InChI is InChI=1S/C22H21NO4/c24-21(23-11-16(13-9-10-13)17(12-23)22(25)26)20-14-5-1-3-7-18(14)27-19-8-4-2-6-15(19)20/h1-8,13,16-17,20H,9-12H2,(H,25,26)/t16-,17+/m1/s1. The molecule has 3 aliphatic rings. The summed E-state index contributed by atoms with van der Waals surface area (Å²) in [5, 5.41) is 9.63. The van der Waals surface area contributed by atoms with Gasteiger partial charge in [-0.05, 0) is 36.8 Å². The zero-order chi connectivity index (χ0) is 18.5. The number of fused-ring (bicyclic) bond motifs is 2. The quantitative estimate of drug-likeness (QED) is 0.906. The van der Waals surface area contributed by atoms with Gasteiger partial charge in [0, 0.05) is 24.2 Å². The molecule has 2 aromatic carbocycles. The maximum Gasteiger partial charge on any atom is 0.308 e. The predicted molar refractivity (Wildman–Crippen MR) is 98.7 cm³/mol. The maximum absolute atomic E-state index is 13.6. The van der Waals surface area contributed by atoms with Crippen LogP contribution < -0.4 is 4.74 Å². The number of carbonyl (C=O) groups excluding carboxylic acids is 1. The Labute approximate surface area is 157 Å². The van der Waals surface area contributed by atoms with E-state index < -0.39 is 17.8 Å². The molecular weight excluding hydrogens is 342 g/mol. The second kappa shape index (κ2) is 6.12. The second-order valence-corrected chi connectivity index (χ2v) is 7.80. The minimum atomic E-state index is -0.782. The van der Waals surface area contributed by atoms with Crippen molar-refractivity contribution in [1.82, 2.24) is 4.90 Å². The highest BCUT2D eigenvalue weighted by atomic mass is 16.5. The van der Waals surface area contributed by atoms with E-state index in [1.807, 2.05) is 48.5 Å². The van der Waals surface area contributed by atoms with E-state index in [0.717, 1.165) is 24.0 Å². The Bertz CT molecular complexity index is 875. The molecular formula is C22H21NO4. The normalized spacial score (nSPS) is 24.1. The van der Waals surface area contributed by atoms with Crippen LogP contribution in [0.1, 0.15) is 29.9 Å². The van der Waals surface area contributed by atoms with E-state index in [9.17, 15) is 14.7 Å². The van der Waals surface area contributed by atoms with Crippen molar-refractivity contribution >= 4 is 11.9 Å². The molecule has 0 spiro atoms. The van der Waals surface area contributed by atoms with Crippen molar-refractivity contribution in [2.75, 3.05) is 13.1 Å². The number of aliphatic carboxylic acids is 1. The zero-order valence-electron chi connectivity index (χ0n) is 14.9. The molecule has 5 rings (SSSR count). The van der Waals surface area contributed by atoms with Crippen molar-refractivity contribution < 1.29 is 19.4 Å². The highest BCUT2D eigenvalue weighted by Crippen LogP contribution is 2.47. The van der Waals surface area contributed by atoms with Crippen molar-refractivity contribution in [3.8, 4) is 11.5 Å². The van der Waals surface area contributed by atoms with Crippen LogP contribution in [0.15, 0.2) is 48.5 Å². The first kappa shape index (κ1) is 16.4. The van der Waals surface area contributed by atoms with Crippen LogP contribution in [-0.4, -0.2) is 35.0 Å². The van der Waals surface area contributed by atoms with Gasteiger partial charge < -0.3 is 14.7 Å². The molecule has 138 valence electrons. The Morgan fingerprint density at radius 1 is 0.926 bits per heavy atom. The van der Waals surface area contributed by atoms with Crippen LogP contribution in [0, 0.1) is 17.8 Å². The predicted octanol–water partition coefficient (Wildman–Crippen LogP) is 3.49. The van der Waals surface area contributed by atoms with Crippen LogP contribution in [-0.2, 0) is 9.59 Å². The third-order valence-electron chi connectivity index (χ3n) is 6.15. The molecule has 0 unspecified atom stereocenters. The first-order valence-corrected chi connectivity index (χ1v) is 9.51. The number of nitrogens with zero attached hydrogens (tertiary/aromatic N) is 1. The summed E-state index contributed by atoms with van der Waals surface area (Å²) in [6.45, 7) is 0.846. The number of hydrogen-bond donors (Lipinski definition) is 1. The fourth-order valence-corrected chi connectivity index (χ4v) is 4.63. The molecule has 2 aromatic rings. The number of carbonyl (C=O) groups is 2. The van der Waals surface area contributed by atoms with Crippen molar-refractivity contribution in [3.63, 3.8) is 0 Å². The number of para-hydroxylation sites is 2.